The molecule has 0 saturated carbocycles. The van der Waals surface area contributed by atoms with Gasteiger partial charge >= 0.3 is 0 Å². The number of carbonyl (C=O) groups excluding carboxylic acids is 1. The van der Waals surface area contributed by atoms with Crippen LogP contribution in [0.25, 0.3) is 0 Å². The topological polar surface area (TPSA) is 65.8 Å². The number of nitriles is 1. The third kappa shape index (κ3) is 3.43. The predicted molar refractivity (Wildman–Crippen MR) is 107 cm³/mol. The van der Waals surface area contributed by atoms with E-state index < -0.39 is 0 Å². The van der Waals surface area contributed by atoms with Gasteiger partial charge in [-0.1, -0.05) is 12.1 Å². The summed E-state index contributed by atoms with van der Waals surface area (Å²) in [7, 11) is 0. The number of rotatable bonds is 3. The molecule has 6 nitrogen and oxygen atoms in total. The Bertz CT molecular complexity index is 984. The average molecular weight is 389 g/mol. The SMILES string of the molecule is N#Cc1ccc2c(c1)CN(C1CCCN(CC3COc4ccccc4O3)C1)C2=O. The van der Waals surface area contributed by atoms with Crippen molar-refractivity contribution in [2.24, 2.45) is 0 Å². The molecule has 0 aromatic heterocycles. The smallest absolute Gasteiger partial charge is 0.254 e. The van der Waals surface area contributed by atoms with Crippen LogP contribution in [0.1, 0.15) is 34.3 Å². The van der Waals surface area contributed by atoms with Crippen LogP contribution in [-0.2, 0) is 6.54 Å². The molecule has 148 valence electrons. The third-order valence-corrected chi connectivity index (χ3v) is 6.02. The molecule has 6 heteroatoms. The second kappa shape index (κ2) is 7.41. The van der Waals surface area contributed by atoms with Gasteiger partial charge in [0.25, 0.3) is 5.91 Å². The van der Waals surface area contributed by atoms with Crippen molar-refractivity contribution in [3.05, 3.63) is 59.2 Å². The van der Waals surface area contributed by atoms with Crippen LogP contribution in [-0.4, -0.2) is 54.1 Å². The van der Waals surface area contributed by atoms with Gasteiger partial charge in [-0.2, -0.15) is 5.26 Å². The number of likely N-dealkylation sites (tertiary alicyclic amines) is 1. The molecular weight excluding hydrogens is 366 g/mol. The summed E-state index contributed by atoms with van der Waals surface area (Å²) in [5.74, 6) is 1.69. The molecule has 2 aromatic carbocycles. The molecule has 2 aromatic rings. The number of benzene rings is 2. The molecule has 0 spiro atoms. The van der Waals surface area contributed by atoms with Crippen molar-refractivity contribution in [3.8, 4) is 17.6 Å². The minimum atomic E-state index is -0.00619. The fraction of sp³-hybridized carbons (Fsp3) is 0.391. The van der Waals surface area contributed by atoms with Crippen molar-refractivity contribution in [1.29, 1.82) is 5.26 Å². The molecule has 3 aliphatic rings. The first-order valence-electron chi connectivity index (χ1n) is 10.2. The van der Waals surface area contributed by atoms with Crippen molar-refractivity contribution < 1.29 is 14.3 Å². The van der Waals surface area contributed by atoms with E-state index in [0.717, 1.165) is 55.1 Å². The average Bonchev–Trinajstić information content (AvgIpc) is 3.09. The lowest BCUT2D eigenvalue weighted by Gasteiger charge is -2.39. The van der Waals surface area contributed by atoms with Crippen molar-refractivity contribution in [2.45, 2.75) is 31.5 Å². The van der Waals surface area contributed by atoms with E-state index in [9.17, 15) is 4.79 Å². The van der Waals surface area contributed by atoms with Gasteiger partial charge in [-0.15, -0.1) is 0 Å². The van der Waals surface area contributed by atoms with Gasteiger partial charge in [-0.05, 0) is 55.3 Å². The fourth-order valence-corrected chi connectivity index (χ4v) is 4.60. The van der Waals surface area contributed by atoms with Crippen LogP contribution in [0.5, 0.6) is 11.5 Å². The minimum Gasteiger partial charge on any atom is -0.486 e. The van der Waals surface area contributed by atoms with E-state index in [4.69, 9.17) is 14.7 Å². The summed E-state index contributed by atoms with van der Waals surface area (Å²) in [5.41, 5.74) is 2.31. The van der Waals surface area contributed by atoms with E-state index in [0.29, 0.717) is 18.7 Å². The Morgan fingerprint density at radius 3 is 2.90 bits per heavy atom. The maximum Gasteiger partial charge on any atom is 0.254 e. The molecule has 3 aliphatic heterocycles. The first-order valence-corrected chi connectivity index (χ1v) is 10.2. The number of piperidine rings is 1. The Morgan fingerprint density at radius 2 is 2.03 bits per heavy atom. The summed E-state index contributed by atoms with van der Waals surface area (Å²) >= 11 is 0. The summed E-state index contributed by atoms with van der Waals surface area (Å²) in [6.07, 6.45) is 2.05. The van der Waals surface area contributed by atoms with Crippen LogP contribution in [0.3, 0.4) is 0 Å². The summed E-state index contributed by atoms with van der Waals surface area (Å²) in [5, 5.41) is 9.12. The Kier molecular flexibility index (Phi) is 4.61. The van der Waals surface area contributed by atoms with Crippen LogP contribution in [0.2, 0.25) is 0 Å². The van der Waals surface area contributed by atoms with Crippen LogP contribution in [0, 0.1) is 11.3 Å². The molecule has 3 heterocycles. The quantitative estimate of drug-likeness (QED) is 0.808. The highest BCUT2D eigenvalue weighted by atomic mass is 16.6. The lowest BCUT2D eigenvalue weighted by molar-refractivity contribution is 0.0306. The van der Waals surface area contributed by atoms with E-state index in [1.807, 2.05) is 35.2 Å². The van der Waals surface area contributed by atoms with Crippen LogP contribution < -0.4 is 9.47 Å². The zero-order valence-corrected chi connectivity index (χ0v) is 16.2. The van der Waals surface area contributed by atoms with Crippen molar-refractivity contribution in [1.82, 2.24) is 9.80 Å². The highest BCUT2D eigenvalue weighted by Gasteiger charge is 2.36. The van der Waals surface area contributed by atoms with Gasteiger partial charge in [0, 0.05) is 31.2 Å². The molecule has 1 saturated heterocycles. The maximum absolute atomic E-state index is 12.9. The largest absolute Gasteiger partial charge is 0.486 e. The fourth-order valence-electron chi connectivity index (χ4n) is 4.60. The Hall–Kier alpha value is -3.04. The summed E-state index contributed by atoms with van der Waals surface area (Å²) in [6.45, 7) is 3.78. The lowest BCUT2D eigenvalue weighted by Crippen LogP contribution is -2.51. The molecule has 2 atom stereocenters. The molecule has 5 rings (SSSR count). The van der Waals surface area contributed by atoms with Gasteiger partial charge in [0.15, 0.2) is 11.5 Å². The summed E-state index contributed by atoms with van der Waals surface area (Å²) in [6, 6.07) is 15.5. The molecule has 0 N–H and O–H groups in total. The van der Waals surface area contributed by atoms with E-state index in [1.54, 1.807) is 12.1 Å². The predicted octanol–water partition coefficient (Wildman–Crippen LogP) is 2.82. The van der Waals surface area contributed by atoms with E-state index in [1.165, 1.54) is 0 Å². The number of amides is 1. The lowest BCUT2D eigenvalue weighted by atomic mass is 10.0. The highest BCUT2D eigenvalue weighted by Crippen LogP contribution is 2.32. The number of carbonyl (C=O) groups is 1. The highest BCUT2D eigenvalue weighted by molar-refractivity contribution is 5.98. The van der Waals surface area contributed by atoms with Gasteiger partial charge in [-0.25, -0.2) is 0 Å². The van der Waals surface area contributed by atoms with Gasteiger partial charge in [0.05, 0.1) is 11.6 Å². The van der Waals surface area contributed by atoms with Crippen LogP contribution in [0.15, 0.2) is 42.5 Å². The van der Waals surface area contributed by atoms with E-state index in [2.05, 4.69) is 11.0 Å². The number of hydrogen-bond acceptors (Lipinski definition) is 5. The number of ether oxygens (including phenoxy) is 2. The van der Waals surface area contributed by atoms with Crippen molar-refractivity contribution in [2.75, 3.05) is 26.2 Å². The van der Waals surface area contributed by atoms with E-state index in [-0.39, 0.29) is 18.1 Å². The number of hydrogen-bond donors (Lipinski definition) is 0. The number of nitrogens with zero attached hydrogens (tertiary/aromatic N) is 3. The summed E-state index contributed by atoms with van der Waals surface area (Å²) in [4.78, 5) is 17.3. The Balaban J connectivity index is 1.24. The molecule has 0 bridgehead atoms. The van der Waals surface area contributed by atoms with Crippen molar-refractivity contribution in [3.63, 3.8) is 0 Å². The second-order valence-corrected chi connectivity index (χ2v) is 7.97. The zero-order chi connectivity index (χ0) is 19.8. The normalized spacial score (nSPS) is 23.6. The van der Waals surface area contributed by atoms with Crippen molar-refractivity contribution >= 4 is 5.91 Å². The minimum absolute atomic E-state index is 0.00619. The summed E-state index contributed by atoms with van der Waals surface area (Å²) < 4.78 is 12.0. The number of para-hydroxylation sites is 2. The Morgan fingerprint density at radius 1 is 1.17 bits per heavy atom. The van der Waals surface area contributed by atoms with Crippen LogP contribution in [0.4, 0.5) is 0 Å². The van der Waals surface area contributed by atoms with Gasteiger partial charge in [0.1, 0.15) is 12.7 Å². The zero-order valence-electron chi connectivity index (χ0n) is 16.2. The number of fused-ring (bicyclic) bond motifs is 2. The van der Waals surface area contributed by atoms with E-state index >= 15 is 0 Å². The molecule has 2 unspecified atom stereocenters. The van der Waals surface area contributed by atoms with Gasteiger partial charge in [-0.3, -0.25) is 9.69 Å². The Labute approximate surface area is 170 Å². The second-order valence-electron chi connectivity index (χ2n) is 7.97. The molecule has 0 radical (unpaired) electrons. The molecule has 1 fully saturated rings. The molecule has 29 heavy (non-hydrogen) atoms. The third-order valence-electron chi connectivity index (χ3n) is 6.02. The molecule has 1 amide bonds. The van der Waals surface area contributed by atoms with Gasteiger partial charge in [0.2, 0.25) is 0 Å². The molecular formula is C23H23N3O3. The standard InChI is InChI=1S/C23H23N3O3/c24-11-16-7-8-20-17(10-16)12-26(23(20)27)18-4-3-9-25(13-18)14-19-15-28-21-5-1-2-6-22(21)29-19/h1-2,5-8,10,18-19H,3-4,9,12-15H2. The first kappa shape index (κ1) is 18.0. The van der Waals surface area contributed by atoms with Gasteiger partial charge < -0.3 is 14.4 Å². The van der Waals surface area contributed by atoms with Crippen LogP contribution >= 0.6 is 0 Å². The molecule has 0 aliphatic carbocycles. The monoisotopic (exact) mass is 389 g/mol. The maximum atomic E-state index is 12.9. The first-order chi connectivity index (χ1) is 14.2.